The summed E-state index contributed by atoms with van der Waals surface area (Å²) >= 11 is 0. The van der Waals surface area contributed by atoms with E-state index in [-0.39, 0.29) is 5.91 Å². The van der Waals surface area contributed by atoms with E-state index in [0.29, 0.717) is 6.42 Å². The molecule has 0 atom stereocenters. The average Bonchev–Trinajstić information content (AvgIpc) is 2.52. The topological polar surface area (TPSA) is 46.1 Å². The molecule has 0 radical (unpaired) electrons. The Labute approximate surface area is 92.9 Å². The number of carbonyl (C=O) groups excluding carboxylic acids is 1. The maximum atomic E-state index is 11.6. The van der Waals surface area contributed by atoms with Crippen molar-refractivity contribution < 1.29 is 4.79 Å². The monoisotopic (exact) mass is 213 g/mol. The smallest absolute Gasteiger partial charge is 0.231 e. The highest BCUT2D eigenvalue weighted by molar-refractivity contribution is 6.03. The minimum absolute atomic E-state index is 0.134. The lowest BCUT2D eigenvalue weighted by Gasteiger charge is -2.10. The van der Waals surface area contributed by atoms with E-state index in [1.807, 2.05) is 19.1 Å². The van der Waals surface area contributed by atoms with Crippen molar-refractivity contribution in [1.82, 2.24) is 9.97 Å². The lowest BCUT2D eigenvalue weighted by molar-refractivity contribution is -0.117. The van der Waals surface area contributed by atoms with E-state index in [0.717, 1.165) is 28.0 Å². The summed E-state index contributed by atoms with van der Waals surface area (Å²) in [5.74, 6) is 0.884. The molecule has 4 heteroatoms. The van der Waals surface area contributed by atoms with Gasteiger partial charge in [0.05, 0.1) is 11.9 Å². The Bertz CT molecular complexity index is 606. The molecule has 3 rings (SSSR count). The van der Waals surface area contributed by atoms with Gasteiger partial charge in [-0.05, 0) is 24.6 Å². The molecule has 0 unspecified atom stereocenters. The van der Waals surface area contributed by atoms with Crippen LogP contribution >= 0.6 is 0 Å². The van der Waals surface area contributed by atoms with Crippen molar-refractivity contribution in [2.75, 3.05) is 11.9 Å². The third-order valence-electron chi connectivity index (χ3n) is 2.98. The van der Waals surface area contributed by atoms with Crippen LogP contribution in [0.5, 0.6) is 0 Å². The van der Waals surface area contributed by atoms with Gasteiger partial charge >= 0.3 is 0 Å². The summed E-state index contributed by atoms with van der Waals surface area (Å²) in [5.41, 5.74) is 2.93. The number of likely N-dealkylation sites (N-methyl/N-ethyl adjacent to an activating group) is 1. The van der Waals surface area contributed by atoms with Crippen molar-refractivity contribution in [2.24, 2.45) is 0 Å². The number of fused-ring (bicyclic) bond motifs is 2. The lowest BCUT2D eigenvalue weighted by atomic mass is 10.1. The number of nitrogens with zero attached hydrogens (tertiary/aromatic N) is 3. The van der Waals surface area contributed by atoms with E-state index < -0.39 is 0 Å². The molecule has 0 spiro atoms. The first-order valence-electron chi connectivity index (χ1n) is 5.18. The number of amides is 1. The number of carbonyl (C=O) groups is 1. The Balaban J connectivity index is 2.30. The fourth-order valence-electron chi connectivity index (χ4n) is 2.08. The molecular weight excluding hydrogens is 202 g/mol. The molecule has 2 heterocycles. The largest absolute Gasteiger partial charge is 0.315 e. The molecule has 1 aromatic heterocycles. The molecule has 2 aromatic rings. The zero-order valence-electron chi connectivity index (χ0n) is 9.19. The molecule has 0 saturated carbocycles. The van der Waals surface area contributed by atoms with Crippen molar-refractivity contribution in [3.8, 4) is 0 Å². The molecule has 1 aromatic carbocycles. The van der Waals surface area contributed by atoms with Gasteiger partial charge < -0.3 is 4.90 Å². The molecule has 0 N–H and O–H groups in total. The second-order valence-corrected chi connectivity index (χ2v) is 4.09. The third-order valence-corrected chi connectivity index (χ3v) is 2.98. The van der Waals surface area contributed by atoms with Gasteiger partial charge in [-0.25, -0.2) is 9.97 Å². The SMILES string of the molecule is Cc1ncc2cc3c(cc2n1)N(C)C(=O)C3. The van der Waals surface area contributed by atoms with Crippen LogP contribution in [0.3, 0.4) is 0 Å². The molecule has 1 aliphatic heterocycles. The van der Waals surface area contributed by atoms with Gasteiger partial charge in [-0.3, -0.25) is 4.79 Å². The molecular formula is C12H11N3O. The molecule has 1 amide bonds. The zero-order valence-corrected chi connectivity index (χ0v) is 9.19. The van der Waals surface area contributed by atoms with E-state index in [9.17, 15) is 4.79 Å². The predicted octanol–water partition coefficient (Wildman–Crippen LogP) is 1.46. The normalized spacial score (nSPS) is 14.6. The summed E-state index contributed by atoms with van der Waals surface area (Å²) in [6.45, 7) is 1.86. The molecule has 0 fully saturated rings. The van der Waals surface area contributed by atoms with E-state index in [2.05, 4.69) is 9.97 Å². The molecule has 80 valence electrons. The molecule has 1 aliphatic rings. The summed E-state index contributed by atoms with van der Waals surface area (Å²) in [7, 11) is 1.80. The summed E-state index contributed by atoms with van der Waals surface area (Å²) < 4.78 is 0. The van der Waals surface area contributed by atoms with Gasteiger partial charge in [-0.1, -0.05) is 0 Å². The Morgan fingerprint density at radius 1 is 1.38 bits per heavy atom. The molecule has 0 aliphatic carbocycles. The molecule has 0 bridgehead atoms. The first-order valence-corrected chi connectivity index (χ1v) is 5.18. The van der Waals surface area contributed by atoms with Gasteiger partial charge in [0.15, 0.2) is 0 Å². The molecule has 4 nitrogen and oxygen atoms in total. The van der Waals surface area contributed by atoms with E-state index in [1.54, 1.807) is 18.1 Å². The van der Waals surface area contributed by atoms with Crippen molar-refractivity contribution in [3.05, 3.63) is 29.7 Å². The minimum atomic E-state index is 0.134. The van der Waals surface area contributed by atoms with Crippen LogP contribution in [0.1, 0.15) is 11.4 Å². The van der Waals surface area contributed by atoms with Crippen LogP contribution in [0.2, 0.25) is 0 Å². The molecule has 0 saturated heterocycles. The van der Waals surface area contributed by atoms with Gasteiger partial charge in [-0.2, -0.15) is 0 Å². The Kier molecular flexibility index (Phi) is 1.74. The van der Waals surface area contributed by atoms with Gasteiger partial charge in [0, 0.05) is 24.3 Å². The number of aromatic nitrogens is 2. The zero-order chi connectivity index (χ0) is 11.3. The van der Waals surface area contributed by atoms with Crippen LogP contribution in [0, 0.1) is 6.92 Å². The highest BCUT2D eigenvalue weighted by Gasteiger charge is 2.24. The maximum absolute atomic E-state index is 11.6. The maximum Gasteiger partial charge on any atom is 0.231 e. The van der Waals surface area contributed by atoms with Crippen LogP contribution in [0.25, 0.3) is 10.9 Å². The highest BCUT2D eigenvalue weighted by atomic mass is 16.2. The Morgan fingerprint density at radius 3 is 3.00 bits per heavy atom. The Morgan fingerprint density at radius 2 is 2.19 bits per heavy atom. The van der Waals surface area contributed by atoms with Crippen molar-refractivity contribution in [1.29, 1.82) is 0 Å². The fraction of sp³-hybridized carbons (Fsp3) is 0.250. The number of benzene rings is 1. The predicted molar refractivity (Wildman–Crippen MR) is 61.4 cm³/mol. The number of aryl methyl sites for hydroxylation is 1. The van der Waals surface area contributed by atoms with E-state index in [1.165, 1.54) is 0 Å². The van der Waals surface area contributed by atoms with Crippen molar-refractivity contribution in [3.63, 3.8) is 0 Å². The summed E-state index contributed by atoms with van der Waals surface area (Å²) in [4.78, 5) is 21.8. The standard InChI is InChI=1S/C12H11N3O/c1-7-13-6-9-3-8-4-12(16)15(2)11(8)5-10(9)14-7/h3,5-6H,4H2,1-2H3. The first kappa shape index (κ1) is 9.27. The molecule has 16 heavy (non-hydrogen) atoms. The minimum Gasteiger partial charge on any atom is -0.315 e. The van der Waals surface area contributed by atoms with Gasteiger partial charge in [0.1, 0.15) is 5.82 Å². The summed E-state index contributed by atoms with van der Waals surface area (Å²) in [6.07, 6.45) is 2.29. The Hall–Kier alpha value is -1.97. The third kappa shape index (κ3) is 1.19. The number of hydrogen-bond donors (Lipinski definition) is 0. The van der Waals surface area contributed by atoms with Crippen LogP contribution in [-0.4, -0.2) is 22.9 Å². The van der Waals surface area contributed by atoms with E-state index >= 15 is 0 Å². The average molecular weight is 213 g/mol. The van der Waals surface area contributed by atoms with Crippen LogP contribution < -0.4 is 4.90 Å². The summed E-state index contributed by atoms with van der Waals surface area (Å²) in [6, 6.07) is 3.97. The van der Waals surface area contributed by atoms with Crippen LogP contribution in [0.15, 0.2) is 18.3 Å². The quantitative estimate of drug-likeness (QED) is 0.665. The van der Waals surface area contributed by atoms with E-state index in [4.69, 9.17) is 0 Å². The van der Waals surface area contributed by atoms with Gasteiger partial charge in [0.25, 0.3) is 0 Å². The van der Waals surface area contributed by atoms with Crippen LogP contribution in [0.4, 0.5) is 5.69 Å². The highest BCUT2D eigenvalue weighted by Crippen LogP contribution is 2.30. The fourth-order valence-corrected chi connectivity index (χ4v) is 2.08. The number of anilines is 1. The second kappa shape index (κ2) is 3.01. The van der Waals surface area contributed by atoms with Crippen LogP contribution in [-0.2, 0) is 11.2 Å². The summed E-state index contributed by atoms with van der Waals surface area (Å²) in [5, 5.41) is 0.993. The first-order chi connectivity index (χ1) is 7.65. The van der Waals surface area contributed by atoms with Gasteiger partial charge in [-0.15, -0.1) is 0 Å². The van der Waals surface area contributed by atoms with Gasteiger partial charge in [0.2, 0.25) is 5.91 Å². The van der Waals surface area contributed by atoms with Crippen molar-refractivity contribution in [2.45, 2.75) is 13.3 Å². The number of rotatable bonds is 0. The second-order valence-electron chi connectivity index (χ2n) is 4.09. The lowest BCUT2D eigenvalue weighted by Crippen LogP contribution is -2.20. The van der Waals surface area contributed by atoms with Crippen molar-refractivity contribution >= 4 is 22.5 Å². The number of hydrogen-bond acceptors (Lipinski definition) is 3.